The fourth-order valence-electron chi connectivity index (χ4n) is 10.1. The maximum Gasteiger partial charge on any atom is 0.472 e. The third-order valence-electron chi connectivity index (χ3n) is 16.2. The van der Waals surface area contributed by atoms with E-state index in [-0.39, 0.29) is 25.7 Å². The summed E-state index contributed by atoms with van der Waals surface area (Å²) < 4.78 is 68.5. The van der Waals surface area contributed by atoms with E-state index in [0.29, 0.717) is 32.1 Å². The number of phosphoric ester groups is 2. The van der Waals surface area contributed by atoms with Crippen molar-refractivity contribution in [3.05, 3.63) is 170 Å². The highest BCUT2D eigenvalue weighted by Gasteiger charge is 2.30. The van der Waals surface area contributed by atoms with E-state index in [2.05, 4.69) is 180 Å². The van der Waals surface area contributed by atoms with Crippen molar-refractivity contribution in [3.8, 4) is 0 Å². The lowest BCUT2D eigenvalue weighted by atomic mass is 10.1. The summed E-state index contributed by atoms with van der Waals surface area (Å²) in [5.41, 5.74) is 0. The third kappa shape index (κ3) is 76.6. The van der Waals surface area contributed by atoms with Crippen LogP contribution < -0.4 is 0 Å². The Kier molecular flexibility index (Phi) is 73.5. The predicted molar refractivity (Wildman–Crippen MR) is 436 cm³/mol. The van der Waals surface area contributed by atoms with Crippen molar-refractivity contribution >= 4 is 39.5 Å². The van der Waals surface area contributed by atoms with E-state index in [1.165, 1.54) is 38.5 Å². The fraction of sp³-hybridized carbons (Fsp3) is 0.632. The molecule has 0 aliphatic heterocycles. The van der Waals surface area contributed by atoms with Gasteiger partial charge < -0.3 is 33.8 Å². The highest BCUT2D eigenvalue weighted by Crippen LogP contribution is 2.45. The number of unbranched alkanes of at least 4 members (excludes halogenated alkanes) is 20. The molecule has 17 nitrogen and oxygen atoms in total. The van der Waals surface area contributed by atoms with Gasteiger partial charge in [0.2, 0.25) is 0 Å². The van der Waals surface area contributed by atoms with E-state index in [1.807, 2.05) is 18.2 Å². The molecular formula is C87H142O17P2. The molecule has 0 amide bonds. The van der Waals surface area contributed by atoms with E-state index >= 15 is 0 Å². The second-order valence-corrected chi connectivity index (χ2v) is 29.1. The van der Waals surface area contributed by atoms with Gasteiger partial charge in [0.15, 0.2) is 12.2 Å². The van der Waals surface area contributed by atoms with Crippen LogP contribution in [-0.4, -0.2) is 96.7 Å². The zero-order chi connectivity index (χ0) is 77.4. The Hall–Kier alpha value is -5.58. The number of esters is 4. The molecule has 0 aromatic carbocycles. The molecule has 19 heteroatoms. The summed E-state index contributed by atoms with van der Waals surface area (Å²) >= 11 is 0. The molecule has 0 aromatic rings. The van der Waals surface area contributed by atoms with Gasteiger partial charge in [-0.1, -0.05) is 281 Å². The van der Waals surface area contributed by atoms with Gasteiger partial charge in [0.25, 0.3) is 0 Å². The summed E-state index contributed by atoms with van der Waals surface area (Å²) in [5.74, 6) is -2.34. The predicted octanol–water partition coefficient (Wildman–Crippen LogP) is 23.8. The molecule has 106 heavy (non-hydrogen) atoms. The molecule has 0 aromatic heterocycles. The maximum absolute atomic E-state index is 13.1. The van der Waals surface area contributed by atoms with E-state index in [1.54, 1.807) is 0 Å². The van der Waals surface area contributed by atoms with Crippen LogP contribution in [0.5, 0.6) is 0 Å². The molecule has 0 fully saturated rings. The number of aliphatic hydroxyl groups is 1. The molecule has 0 bridgehead atoms. The lowest BCUT2D eigenvalue weighted by molar-refractivity contribution is -0.161. The van der Waals surface area contributed by atoms with Crippen molar-refractivity contribution < 1.29 is 80.2 Å². The van der Waals surface area contributed by atoms with E-state index < -0.39 is 97.5 Å². The first-order valence-corrected chi connectivity index (χ1v) is 43.4. The van der Waals surface area contributed by atoms with Gasteiger partial charge in [-0.05, 0) is 161 Å². The average molecular weight is 1520 g/mol. The molecule has 0 radical (unpaired) electrons. The molecule has 0 aliphatic rings. The number of hydrogen-bond donors (Lipinski definition) is 3. The Morgan fingerprint density at radius 3 is 0.821 bits per heavy atom. The third-order valence-corrected chi connectivity index (χ3v) is 18.1. The van der Waals surface area contributed by atoms with Crippen molar-refractivity contribution in [1.29, 1.82) is 0 Å². The number of hydrogen-bond acceptors (Lipinski definition) is 15. The molecule has 3 N–H and O–H groups in total. The van der Waals surface area contributed by atoms with Crippen LogP contribution >= 0.6 is 15.6 Å². The summed E-state index contributed by atoms with van der Waals surface area (Å²) in [6.07, 6.45) is 92.0. The quantitative estimate of drug-likeness (QED) is 0.0169. The largest absolute Gasteiger partial charge is 0.472 e. The monoisotopic (exact) mass is 1520 g/mol. The normalized spacial score (nSPS) is 14.7. The topological polar surface area (TPSA) is 237 Å². The lowest BCUT2D eigenvalue weighted by Gasteiger charge is -2.21. The van der Waals surface area contributed by atoms with Gasteiger partial charge in [-0.15, -0.1) is 0 Å². The molecule has 5 atom stereocenters. The van der Waals surface area contributed by atoms with Crippen LogP contribution in [0.2, 0.25) is 0 Å². The minimum Gasteiger partial charge on any atom is -0.462 e. The number of allylic oxidation sites excluding steroid dienone is 28. The molecule has 0 rings (SSSR count). The molecule has 602 valence electrons. The van der Waals surface area contributed by atoms with Gasteiger partial charge in [0.05, 0.1) is 26.4 Å². The standard InChI is InChI=1S/C87H142O17P2/c1-5-9-13-17-21-25-29-33-37-39-40-42-46-48-52-56-60-64-68-72-85(90)98-78-83(104-87(92)74-70-66-62-58-54-50-44-36-32-28-24-20-16-12-8-4)80-102-106(95,96)100-76-81(88)75-99-105(93,94)101-79-82(103-86(91)73-69-65-61-57-53-49-43-35-31-27-23-19-15-11-7-3)77-97-84(89)71-67-63-59-55-51-47-45-41-38-34-30-26-22-18-14-10-6-2/h9-11,13-15,21-23,25-27,33-38,40,42-45,47-48,52,60,64,81-83,88H,5-8,12,16-20,24,28-32,39,41,46,49-51,53-59,61-63,65-80H2,1-4H3,(H,93,94)(H,95,96)/b13-9-,14-10-,15-11-,25-21-,26-22-,27-23-,37-33-,38-34-,42-40-,43-35-,44-36-,47-45-,52-48-,64-60-. The van der Waals surface area contributed by atoms with Gasteiger partial charge in [-0.3, -0.25) is 37.3 Å². The van der Waals surface area contributed by atoms with E-state index in [9.17, 15) is 43.2 Å². The maximum atomic E-state index is 13.1. The molecular weight excluding hydrogens is 1380 g/mol. The number of aliphatic hydroxyl groups excluding tert-OH is 1. The van der Waals surface area contributed by atoms with Crippen LogP contribution in [0.15, 0.2) is 170 Å². The van der Waals surface area contributed by atoms with Crippen LogP contribution in [0.25, 0.3) is 0 Å². The summed E-state index contributed by atoms with van der Waals surface area (Å²) in [6.45, 7) is 4.38. The smallest absolute Gasteiger partial charge is 0.462 e. The van der Waals surface area contributed by atoms with Crippen molar-refractivity contribution in [2.75, 3.05) is 39.6 Å². The number of ether oxygens (including phenoxy) is 4. The Balaban J connectivity index is 5.48. The fourth-order valence-corrected chi connectivity index (χ4v) is 11.7. The molecule has 0 saturated carbocycles. The Labute approximate surface area is 642 Å². The molecule has 0 aliphatic carbocycles. The second kappa shape index (κ2) is 77.6. The molecule has 0 heterocycles. The van der Waals surface area contributed by atoms with Crippen LogP contribution in [0, 0.1) is 0 Å². The lowest BCUT2D eigenvalue weighted by Crippen LogP contribution is -2.30. The van der Waals surface area contributed by atoms with Crippen molar-refractivity contribution in [1.82, 2.24) is 0 Å². The number of carbonyl (C=O) groups excluding carboxylic acids is 4. The summed E-state index contributed by atoms with van der Waals surface area (Å²) in [7, 11) is -10.0. The number of rotatable bonds is 74. The first-order valence-electron chi connectivity index (χ1n) is 40.4. The summed E-state index contributed by atoms with van der Waals surface area (Å²) in [5, 5.41) is 10.6. The number of phosphoric acid groups is 2. The van der Waals surface area contributed by atoms with E-state index in [4.69, 9.17) is 37.0 Å². The van der Waals surface area contributed by atoms with E-state index in [0.717, 1.165) is 173 Å². The zero-order valence-electron chi connectivity index (χ0n) is 65.8. The Bertz CT molecular complexity index is 2680. The van der Waals surface area contributed by atoms with Crippen LogP contribution in [0.1, 0.15) is 297 Å². The van der Waals surface area contributed by atoms with Crippen LogP contribution in [0.3, 0.4) is 0 Å². The minimum atomic E-state index is -5.01. The average Bonchev–Trinajstić information content (AvgIpc) is 0.909. The number of carbonyl (C=O) groups is 4. The van der Waals surface area contributed by atoms with Crippen LogP contribution in [-0.2, 0) is 65.4 Å². The Morgan fingerprint density at radius 2 is 0.509 bits per heavy atom. The highest BCUT2D eigenvalue weighted by atomic mass is 31.2. The highest BCUT2D eigenvalue weighted by molar-refractivity contribution is 7.47. The first kappa shape index (κ1) is 100. The SMILES string of the molecule is CC/C=C\C/C=C\C/C=C\C/C=C\C/C=C\C/C=C\CCC(=O)OCC(COP(=O)(O)OCC(O)COP(=O)(O)OCC(COC(=O)CCCCCC/C=C\C/C=C\C/C=C\C/C=C\CC)OC(=O)CCCCCCC/C=C\C/C=C\C/C=C\CC)OC(=O)CCCCCCC/C=C\CCCCCCCC. The zero-order valence-corrected chi connectivity index (χ0v) is 67.6. The summed E-state index contributed by atoms with van der Waals surface area (Å²) in [4.78, 5) is 73.1. The molecule has 0 saturated heterocycles. The Morgan fingerprint density at radius 1 is 0.274 bits per heavy atom. The van der Waals surface area contributed by atoms with Gasteiger partial charge >= 0.3 is 39.5 Å². The van der Waals surface area contributed by atoms with Gasteiger partial charge in [-0.2, -0.15) is 0 Å². The van der Waals surface area contributed by atoms with Crippen molar-refractivity contribution in [2.24, 2.45) is 0 Å². The molecule has 0 spiro atoms. The van der Waals surface area contributed by atoms with Crippen molar-refractivity contribution in [2.45, 2.75) is 316 Å². The van der Waals surface area contributed by atoms with Gasteiger partial charge in [0, 0.05) is 25.7 Å². The molecule has 5 unspecified atom stereocenters. The second-order valence-electron chi connectivity index (χ2n) is 26.2. The van der Waals surface area contributed by atoms with Crippen molar-refractivity contribution in [3.63, 3.8) is 0 Å². The minimum absolute atomic E-state index is 0.0291. The summed E-state index contributed by atoms with van der Waals surface area (Å²) in [6, 6.07) is 0. The van der Waals surface area contributed by atoms with Gasteiger partial charge in [0.1, 0.15) is 19.3 Å². The first-order chi connectivity index (χ1) is 51.7. The van der Waals surface area contributed by atoms with Crippen LogP contribution in [0.4, 0.5) is 0 Å². The van der Waals surface area contributed by atoms with Gasteiger partial charge in [-0.25, -0.2) is 9.13 Å².